The van der Waals surface area contributed by atoms with Crippen molar-refractivity contribution in [1.82, 2.24) is 9.97 Å². The number of aromatic nitrogens is 2. The molecule has 0 N–H and O–H groups in total. The van der Waals surface area contributed by atoms with Crippen LogP contribution in [0.25, 0.3) is 17.1 Å². The van der Waals surface area contributed by atoms with Crippen LogP contribution in [-0.2, 0) is 0 Å². The maximum Gasteiger partial charge on any atom is 0.188 e. The van der Waals surface area contributed by atoms with Gasteiger partial charge in [0.1, 0.15) is 5.36 Å². The van der Waals surface area contributed by atoms with Crippen molar-refractivity contribution in [2.75, 3.05) is 0 Å². The summed E-state index contributed by atoms with van der Waals surface area (Å²) in [5.74, 6) is -0.0358. The molecule has 5 heteroatoms. The van der Waals surface area contributed by atoms with Gasteiger partial charge in [0.25, 0.3) is 0 Å². The lowest BCUT2D eigenvalue weighted by atomic mass is 10.0. The number of carbonyl (C=O) groups excluding carboxylic acids is 1. The van der Waals surface area contributed by atoms with Crippen molar-refractivity contribution in [3.8, 4) is 0 Å². The van der Waals surface area contributed by atoms with Crippen molar-refractivity contribution < 1.29 is 4.79 Å². The predicted molar refractivity (Wildman–Crippen MR) is 65.8 cm³/mol. The number of pyridine rings is 2. The number of rotatable bonds is 0. The van der Waals surface area contributed by atoms with Crippen LogP contribution in [0.4, 0.5) is 0 Å². The lowest BCUT2D eigenvalue weighted by Crippen LogP contribution is -2.21. The quantitative estimate of drug-likeness (QED) is 0.650. The number of hydrogen-bond donors (Lipinski definition) is 0. The van der Waals surface area contributed by atoms with Gasteiger partial charge in [0, 0.05) is 16.5 Å². The van der Waals surface area contributed by atoms with E-state index in [2.05, 4.69) is 20.2 Å². The Labute approximate surface area is 101 Å². The average Bonchev–Trinajstić information content (AvgIpc) is 2.86. The van der Waals surface area contributed by atoms with Crippen LogP contribution in [0.1, 0.15) is 15.9 Å². The molecule has 4 rings (SSSR count). The highest BCUT2D eigenvalue weighted by molar-refractivity contribution is 6.09. The van der Waals surface area contributed by atoms with Crippen LogP contribution in [0.2, 0.25) is 0 Å². The maximum atomic E-state index is 11.8. The van der Waals surface area contributed by atoms with Gasteiger partial charge in [-0.1, -0.05) is 6.08 Å². The number of carbonyl (C=O) groups is 1. The molecular weight excluding hydrogens is 228 g/mol. The lowest BCUT2D eigenvalue weighted by Gasteiger charge is -2.05. The Hall–Kier alpha value is -2.69. The van der Waals surface area contributed by atoms with Gasteiger partial charge in [-0.25, -0.2) is 9.97 Å². The van der Waals surface area contributed by atoms with Crippen molar-refractivity contribution >= 4 is 29.1 Å². The predicted octanol–water partition coefficient (Wildman–Crippen LogP) is 0.130. The first kappa shape index (κ1) is 9.35. The van der Waals surface area contributed by atoms with Gasteiger partial charge < -0.3 is 0 Å². The van der Waals surface area contributed by atoms with Crippen LogP contribution < -0.4 is 10.7 Å². The summed E-state index contributed by atoms with van der Waals surface area (Å²) in [5.41, 5.74) is 2.08. The Bertz CT molecular complexity index is 893. The average molecular weight is 234 g/mol. The fourth-order valence-corrected chi connectivity index (χ4v) is 2.15. The molecule has 0 unspecified atom stereocenters. The number of nitrogens with zero attached hydrogens (tertiary/aromatic N) is 4. The molecule has 2 aromatic heterocycles. The van der Waals surface area contributed by atoms with Gasteiger partial charge in [0.05, 0.1) is 17.8 Å². The van der Waals surface area contributed by atoms with Gasteiger partial charge in [0.15, 0.2) is 11.4 Å². The molecule has 0 spiro atoms. The summed E-state index contributed by atoms with van der Waals surface area (Å²) < 4.78 is 0. The van der Waals surface area contributed by atoms with E-state index in [4.69, 9.17) is 0 Å². The number of hydrogen-bond acceptors (Lipinski definition) is 5. The molecule has 0 radical (unpaired) electrons. The number of allylic oxidation sites excluding steroid dienone is 2. The second-order valence-electron chi connectivity index (χ2n) is 4.08. The zero-order valence-corrected chi connectivity index (χ0v) is 9.16. The van der Waals surface area contributed by atoms with E-state index in [1.54, 1.807) is 18.5 Å². The van der Waals surface area contributed by atoms with E-state index in [-0.39, 0.29) is 5.78 Å². The van der Waals surface area contributed by atoms with Gasteiger partial charge in [0.2, 0.25) is 0 Å². The van der Waals surface area contributed by atoms with Gasteiger partial charge in [-0.3, -0.25) is 4.79 Å². The van der Waals surface area contributed by atoms with Crippen LogP contribution in [0.5, 0.6) is 0 Å². The van der Waals surface area contributed by atoms with Crippen LogP contribution in [0.3, 0.4) is 0 Å². The molecule has 0 saturated carbocycles. The minimum atomic E-state index is -0.0358. The van der Waals surface area contributed by atoms with Crippen molar-refractivity contribution in [2.45, 2.75) is 0 Å². The Morgan fingerprint density at radius 1 is 1.22 bits per heavy atom. The van der Waals surface area contributed by atoms with Gasteiger partial charge in [-0.05, 0) is 18.2 Å². The summed E-state index contributed by atoms with van der Waals surface area (Å²) in [6, 6.07) is 1.82. The van der Waals surface area contributed by atoms with E-state index in [1.807, 2.05) is 12.1 Å². The summed E-state index contributed by atoms with van der Waals surface area (Å²) in [6.45, 7) is 0. The zero-order chi connectivity index (χ0) is 12.1. The van der Waals surface area contributed by atoms with E-state index in [0.717, 1.165) is 10.9 Å². The van der Waals surface area contributed by atoms with E-state index in [1.165, 1.54) is 6.08 Å². The summed E-state index contributed by atoms with van der Waals surface area (Å²) >= 11 is 0. The van der Waals surface area contributed by atoms with Gasteiger partial charge >= 0.3 is 0 Å². The minimum Gasteiger partial charge on any atom is -0.289 e. The molecule has 0 saturated heterocycles. The van der Waals surface area contributed by atoms with Crippen LogP contribution in [-0.4, -0.2) is 22.0 Å². The summed E-state index contributed by atoms with van der Waals surface area (Å²) in [5, 5.41) is 10.0. The van der Waals surface area contributed by atoms with Gasteiger partial charge in [-0.15, -0.1) is 5.10 Å². The molecule has 0 atom stereocenters. The van der Waals surface area contributed by atoms with E-state index in [0.29, 0.717) is 21.9 Å². The Morgan fingerprint density at radius 2 is 2.17 bits per heavy atom. The smallest absolute Gasteiger partial charge is 0.188 e. The third-order valence-corrected chi connectivity index (χ3v) is 3.03. The van der Waals surface area contributed by atoms with Crippen molar-refractivity contribution in [3.05, 3.63) is 46.2 Å². The maximum absolute atomic E-state index is 11.8. The fourth-order valence-electron chi connectivity index (χ4n) is 2.15. The van der Waals surface area contributed by atoms with Crippen molar-refractivity contribution in [1.29, 1.82) is 0 Å². The molecule has 0 aromatic carbocycles. The Kier molecular flexibility index (Phi) is 1.64. The molecule has 18 heavy (non-hydrogen) atoms. The molecule has 0 fully saturated rings. The molecule has 0 bridgehead atoms. The number of ketones is 1. The zero-order valence-electron chi connectivity index (χ0n) is 9.16. The SMILES string of the molecule is O=C1C=CC=c2nc3ncc4c(c3cc21)C=NN=4. The normalized spacial score (nSPS) is 15.2. The molecular formula is C13H6N4O. The summed E-state index contributed by atoms with van der Waals surface area (Å²) in [6.07, 6.45) is 8.35. The molecule has 84 valence electrons. The third kappa shape index (κ3) is 1.13. The van der Waals surface area contributed by atoms with Crippen molar-refractivity contribution in [3.63, 3.8) is 0 Å². The van der Waals surface area contributed by atoms with Crippen molar-refractivity contribution in [2.24, 2.45) is 10.2 Å². The monoisotopic (exact) mass is 234 g/mol. The third-order valence-electron chi connectivity index (χ3n) is 3.03. The second-order valence-corrected chi connectivity index (χ2v) is 4.08. The Morgan fingerprint density at radius 3 is 3.11 bits per heavy atom. The van der Waals surface area contributed by atoms with Crippen LogP contribution in [0, 0.1) is 0 Å². The molecule has 2 aromatic rings. The standard InChI is InChI=1S/C13H6N4O/c18-12-3-1-2-10-8(12)4-7-9-5-15-17-11(9)6-14-13(7)16-10/h1-6H. The van der Waals surface area contributed by atoms with E-state index >= 15 is 0 Å². The topological polar surface area (TPSA) is 67.6 Å². The second kappa shape index (κ2) is 3.16. The minimum absolute atomic E-state index is 0.0358. The number of fused-ring (bicyclic) bond motifs is 4. The summed E-state index contributed by atoms with van der Waals surface area (Å²) in [4.78, 5) is 20.5. The highest BCUT2D eigenvalue weighted by Gasteiger charge is 2.14. The highest BCUT2D eigenvalue weighted by Crippen LogP contribution is 2.13. The lowest BCUT2D eigenvalue weighted by molar-refractivity contribution is 0.104. The molecule has 2 aliphatic rings. The van der Waals surface area contributed by atoms with E-state index < -0.39 is 0 Å². The molecule has 1 aliphatic carbocycles. The summed E-state index contributed by atoms with van der Waals surface area (Å²) in [7, 11) is 0. The largest absolute Gasteiger partial charge is 0.289 e. The molecule has 0 amide bonds. The molecule has 3 heterocycles. The van der Waals surface area contributed by atoms with Gasteiger partial charge in [-0.2, -0.15) is 5.10 Å². The highest BCUT2D eigenvalue weighted by atomic mass is 16.1. The fraction of sp³-hybridized carbons (Fsp3) is 0. The Balaban J connectivity index is 2.21. The first-order valence-electron chi connectivity index (χ1n) is 5.46. The first-order valence-corrected chi connectivity index (χ1v) is 5.46. The van der Waals surface area contributed by atoms with Crippen LogP contribution in [0.15, 0.2) is 34.6 Å². The first-order chi connectivity index (χ1) is 8.83. The van der Waals surface area contributed by atoms with E-state index in [9.17, 15) is 4.79 Å². The van der Waals surface area contributed by atoms with Crippen LogP contribution >= 0.6 is 0 Å². The molecule has 1 aliphatic heterocycles. The molecule has 5 nitrogen and oxygen atoms in total.